The average Bonchev–Trinajstić information content (AvgIpc) is 3.13. The number of aliphatic carboxylic acids is 2. The number of rotatable bonds is 8. The molecule has 1 amide bonds. The number of carboxylic acid groups (broad SMARTS) is 2. The molecule has 29 heavy (non-hydrogen) atoms. The fourth-order valence-corrected chi connectivity index (χ4v) is 4.65. The largest absolute Gasteiger partial charge is 0.480 e. The van der Waals surface area contributed by atoms with Crippen LogP contribution >= 0.6 is 0 Å². The van der Waals surface area contributed by atoms with E-state index in [2.05, 4.69) is 5.32 Å². The lowest BCUT2D eigenvalue weighted by Gasteiger charge is -2.35. The molecule has 7 heteroatoms. The van der Waals surface area contributed by atoms with Gasteiger partial charge in [-0.2, -0.15) is 0 Å². The molecule has 0 unspecified atom stereocenters. The van der Waals surface area contributed by atoms with E-state index in [1.165, 1.54) is 4.90 Å². The number of amides is 1. The topological polar surface area (TPSA) is 107 Å². The highest BCUT2D eigenvalue weighted by molar-refractivity contribution is 5.88. The predicted octanol–water partition coefficient (Wildman–Crippen LogP) is 2.29. The Balaban J connectivity index is 1.81. The van der Waals surface area contributed by atoms with Crippen LogP contribution in [0.4, 0.5) is 0 Å². The van der Waals surface area contributed by atoms with E-state index in [-0.39, 0.29) is 18.4 Å². The number of hydrogen-bond donors (Lipinski definition) is 3. The van der Waals surface area contributed by atoms with Gasteiger partial charge in [0.15, 0.2) is 0 Å². The van der Waals surface area contributed by atoms with Crippen LogP contribution in [0.25, 0.3) is 0 Å². The Morgan fingerprint density at radius 2 is 1.93 bits per heavy atom. The van der Waals surface area contributed by atoms with Gasteiger partial charge in [-0.25, -0.2) is 4.79 Å². The first kappa shape index (κ1) is 17.4. The molecule has 1 heterocycles. The van der Waals surface area contributed by atoms with E-state index in [9.17, 15) is 24.6 Å². The number of hydrogen-bond acceptors (Lipinski definition) is 4. The Kier molecular flexibility index (Phi) is 5.65. The molecule has 2 fully saturated rings. The summed E-state index contributed by atoms with van der Waals surface area (Å²) in [5.74, 6) is -3.23. The van der Waals surface area contributed by atoms with Crippen molar-refractivity contribution < 1.29 is 28.7 Å². The first-order valence-electron chi connectivity index (χ1n) is 11.7. The lowest BCUT2D eigenvalue weighted by atomic mass is 9.84. The zero-order chi connectivity index (χ0) is 23.5. The van der Waals surface area contributed by atoms with Crippen molar-refractivity contribution in [2.24, 2.45) is 5.92 Å². The Morgan fingerprint density at radius 3 is 2.59 bits per heavy atom. The lowest BCUT2D eigenvalue weighted by molar-refractivity contribution is -0.151. The molecule has 7 nitrogen and oxygen atoms in total. The van der Waals surface area contributed by atoms with Crippen LogP contribution in [0, 0.1) is 5.92 Å². The number of carbonyl (C=O) groups excluding carboxylic acids is 1. The Hall–Kier alpha value is -2.41. The third kappa shape index (κ3) is 4.96. The van der Waals surface area contributed by atoms with Crippen LogP contribution in [-0.4, -0.2) is 57.1 Å². The van der Waals surface area contributed by atoms with Crippen LogP contribution in [0.3, 0.4) is 0 Å². The van der Waals surface area contributed by atoms with Crippen LogP contribution in [0.2, 0.25) is 0 Å². The number of carbonyl (C=O) groups is 3. The summed E-state index contributed by atoms with van der Waals surface area (Å²) in [6, 6.07) is 4.71. The number of aryl methyl sites for hydroxylation is 1. The number of nitrogens with zero attached hydrogens (tertiary/aromatic N) is 1. The first-order chi connectivity index (χ1) is 15.1. The molecule has 1 saturated heterocycles. The second kappa shape index (κ2) is 9.39. The van der Waals surface area contributed by atoms with E-state index in [1.807, 2.05) is 30.3 Å². The van der Waals surface area contributed by atoms with Crippen molar-refractivity contribution in [3.8, 4) is 0 Å². The average molecular weight is 407 g/mol. The van der Waals surface area contributed by atoms with Crippen molar-refractivity contribution in [3.05, 3.63) is 35.9 Å². The molecule has 0 aromatic heterocycles. The molecule has 1 aromatic carbocycles. The molecule has 1 aromatic rings. The maximum atomic E-state index is 13.4. The monoisotopic (exact) mass is 406 g/mol. The van der Waals surface area contributed by atoms with Gasteiger partial charge in [0.25, 0.3) is 0 Å². The highest BCUT2D eigenvalue weighted by atomic mass is 16.4. The molecule has 1 aliphatic heterocycles. The van der Waals surface area contributed by atoms with Crippen molar-refractivity contribution in [1.29, 1.82) is 0 Å². The molecule has 1 saturated carbocycles. The number of carboxylic acids is 2. The normalized spacial score (nSPS) is 27.8. The van der Waals surface area contributed by atoms with E-state index in [1.54, 1.807) is 0 Å². The minimum atomic E-state index is -2.83. The summed E-state index contributed by atoms with van der Waals surface area (Å²) in [5, 5.41) is 21.9. The van der Waals surface area contributed by atoms with Gasteiger partial charge in [0.05, 0.1) is 6.04 Å². The summed E-state index contributed by atoms with van der Waals surface area (Å²) in [6.45, 7) is -2.83. The van der Waals surface area contributed by atoms with Gasteiger partial charge in [-0.15, -0.1) is 0 Å². The SMILES string of the molecule is [2H][13C]([2H])([2H])[C@H](N[C@H](CCc1ccccc1)C(=O)O)C(=O)N1[C@H](C(=O)O)C[C@H]2CCCC[C@@H]21. The van der Waals surface area contributed by atoms with Crippen LogP contribution < -0.4 is 5.32 Å². The summed E-state index contributed by atoms with van der Waals surface area (Å²) >= 11 is 0. The molecule has 0 spiro atoms. The summed E-state index contributed by atoms with van der Waals surface area (Å²) in [5.41, 5.74) is 0.896. The smallest absolute Gasteiger partial charge is 0.326 e. The highest BCUT2D eigenvalue weighted by Gasteiger charge is 2.48. The van der Waals surface area contributed by atoms with Gasteiger partial charge in [0.2, 0.25) is 5.91 Å². The maximum absolute atomic E-state index is 13.4. The molecule has 158 valence electrons. The van der Waals surface area contributed by atoms with Crippen molar-refractivity contribution in [3.63, 3.8) is 0 Å². The molecule has 0 bridgehead atoms. The first-order valence-corrected chi connectivity index (χ1v) is 10.2. The zero-order valence-electron chi connectivity index (χ0n) is 19.3. The van der Waals surface area contributed by atoms with Gasteiger partial charge in [-0.1, -0.05) is 43.2 Å². The number of benzene rings is 1. The molecule has 5 atom stereocenters. The fraction of sp³-hybridized carbons (Fsp3) is 0.591. The summed E-state index contributed by atoms with van der Waals surface area (Å²) < 4.78 is 23.7. The minimum Gasteiger partial charge on any atom is -0.480 e. The van der Waals surface area contributed by atoms with Gasteiger partial charge in [0, 0.05) is 10.2 Å². The fourth-order valence-electron chi connectivity index (χ4n) is 4.65. The molecule has 3 N–H and O–H groups in total. The third-order valence-electron chi connectivity index (χ3n) is 6.10. The van der Waals surface area contributed by atoms with Crippen molar-refractivity contribution in [1.82, 2.24) is 10.2 Å². The van der Waals surface area contributed by atoms with Crippen molar-refractivity contribution in [2.75, 3.05) is 0 Å². The lowest BCUT2D eigenvalue weighted by Crippen LogP contribution is -2.55. The Labute approximate surface area is 175 Å². The second-order valence-corrected chi connectivity index (χ2v) is 7.96. The van der Waals surface area contributed by atoms with Crippen LogP contribution in [0.1, 0.15) is 55.1 Å². The highest BCUT2D eigenvalue weighted by Crippen LogP contribution is 2.40. The van der Waals surface area contributed by atoms with E-state index >= 15 is 0 Å². The zero-order valence-corrected chi connectivity index (χ0v) is 16.3. The third-order valence-corrected chi connectivity index (χ3v) is 6.10. The molecule has 3 rings (SSSR count). The standard InChI is InChI=1S/C22H30N2O5/c1-14(23-17(21(26)27)12-11-15-7-3-2-4-8-15)20(25)24-18-10-6-5-9-16(18)13-19(24)22(28)29/h2-4,7-8,14,16-19,23H,5-6,9-13H2,1H3,(H,26,27)(H,28,29)/t14-,16+,17+,18-,19-/m0/s1/i1+1D3. The van der Waals surface area contributed by atoms with E-state index in [0.29, 0.717) is 19.3 Å². The summed E-state index contributed by atoms with van der Waals surface area (Å²) in [7, 11) is 0. The maximum Gasteiger partial charge on any atom is 0.326 e. The number of fused-ring (bicyclic) bond motifs is 1. The van der Waals surface area contributed by atoms with E-state index in [4.69, 9.17) is 4.11 Å². The van der Waals surface area contributed by atoms with Gasteiger partial charge in [0.1, 0.15) is 12.1 Å². The molecule has 1 aliphatic carbocycles. The molecule has 2 aliphatic rings. The summed E-state index contributed by atoms with van der Waals surface area (Å²) in [4.78, 5) is 38.4. The van der Waals surface area contributed by atoms with Crippen molar-refractivity contribution >= 4 is 17.8 Å². The minimum absolute atomic E-state index is 0.0272. The van der Waals surface area contributed by atoms with Crippen LogP contribution in [0.5, 0.6) is 0 Å². The number of nitrogens with one attached hydrogen (secondary N) is 1. The van der Waals surface area contributed by atoms with Crippen LogP contribution in [0.15, 0.2) is 30.3 Å². The van der Waals surface area contributed by atoms with Gasteiger partial charge >= 0.3 is 11.9 Å². The number of likely N-dealkylation sites (tertiary alicyclic amines) is 1. The van der Waals surface area contributed by atoms with Gasteiger partial charge in [-0.05, 0) is 50.4 Å². The predicted molar refractivity (Wildman–Crippen MR) is 107 cm³/mol. The molecule has 0 radical (unpaired) electrons. The van der Waals surface area contributed by atoms with Gasteiger partial charge in [-0.3, -0.25) is 14.9 Å². The second-order valence-electron chi connectivity index (χ2n) is 7.96. The molecular weight excluding hydrogens is 373 g/mol. The van der Waals surface area contributed by atoms with Crippen LogP contribution in [-0.2, 0) is 20.8 Å². The Bertz CT molecular complexity index is 833. The van der Waals surface area contributed by atoms with Gasteiger partial charge < -0.3 is 15.1 Å². The van der Waals surface area contributed by atoms with Crippen molar-refractivity contribution in [2.45, 2.75) is 76.0 Å². The van der Waals surface area contributed by atoms with E-state index < -0.39 is 42.8 Å². The van der Waals surface area contributed by atoms with E-state index in [0.717, 1.165) is 24.8 Å². The Morgan fingerprint density at radius 1 is 1.21 bits per heavy atom. The molecular formula is C22H30N2O5. The quantitative estimate of drug-likeness (QED) is 0.572. The summed E-state index contributed by atoms with van der Waals surface area (Å²) in [6.07, 6.45) is 4.01.